The van der Waals surface area contributed by atoms with Crippen molar-refractivity contribution in [1.29, 1.82) is 0 Å². The number of aliphatic carboxylic acids is 1. The molecule has 1 aromatic carbocycles. The Morgan fingerprint density at radius 3 is 2.74 bits per heavy atom. The molecule has 1 aliphatic heterocycles. The van der Waals surface area contributed by atoms with Gasteiger partial charge in [-0.15, -0.1) is 0 Å². The number of halogens is 1. The summed E-state index contributed by atoms with van der Waals surface area (Å²) >= 11 is 3.34. The summed E-state index contributed by atoms with van der Waals surface area (Å²) in [6.07, 6.45) is 0.950. The lowest BCUT2D eigenvalue weighted by atomic mass is 10.2. The fourth-order valence-electron chi connectivity index (χ4n) is 2.00. The van der Waals surface area contributed by atoms with E-state index in [9.17, 15) is 9.36 Å². The number of hydrogen-bond donors (Lipinski definition) is 1. The van der Waals surface area contributed by atoms with E-state index in [1.165, 1.54) is 4.67 Å². The van der Waals surface area contributed by atoms with Crippen LogP contribution in [0.15, 0.2) is 28.7 Å². The van der Waals surface area contributed by atoms with Crippen LogP contribution < -0.4 is 0 Å². The predicted octanol–water partition coefficient (Wildman–Crippen LogP) is 2.95. The van der Waals surface area contributed by atoms with E-state index >= 15 is 0 Å². The van der Waals surface area contributed by atoms with Gasteiger partial charge in [0.2, 0.25) is 0 Å². The molecule has 1 aliphatic rings. The summed E-state index contributed by atoms with van der Waals surface area (Å²) in [4.78, 5) is 10.8. The van der Waals surface area contributed by atoms with Crippen LogP contribution in [-0.2, 0) is 20.0 Å². The topological polar surface area (TPSA) is 66.8 Å². The Hall–Kier alpha value is -0.680. The van der Waals surface area contributed by atoms with E-state index in [4.69, 9.17) is 9.63 Å². The third-order valence-corrected chi connectivity index (χ3v) is 5.98. The minimum Gasteiger partial charge on any atom is -0.480 e. The van der Waals surface area contributed by atoms with Crippen molar-refractivity contribution in [2.24, 2.45) is 0 Å². The molecule has 1 atom stereocenters. The summed E-state index contributed by atoms with van der Waals surface area (Å²) in [6, 6.07) is 7.46. The maximum Gasteiger partial charge on any atom is 0.318 e. The Balaban J connectivity index is 2.15. The van der Waals surface area contributed by atoms with Crippen molar-refractivity contribution in [1.82, 2.24) is 4.67 Å². The third-order valence-electron chi connectivity index (χ3n) is 2.90. The lowest BCUT2D eigenvalue weighted by molar-refractivity contribution is -0.137. The molecular formula is C12H15BrNO4P. The van der Waals surface area contributed by atoms with E-state index < -0.39 is 13.5 Å². The second-order valence-corrected chi connectivity index (χ2v) is 7.72. The highest BCUT2D eigenvalue weighted by Crippen LogP contribution is 2.55. The summed E-state index contributed by atoms with van der Waals surface area (Å²) in [5, 5.41) is 8.88. The minimum absolute atomic E-state index is 0.242. The van der Waals surface area contributed by atoms with Gasteiger partial charge in [0.1, 0.15) is 6.54 Å². The van der Waals surface area contributed by atoms with Crippen LogP contribution in [0.2, 0.25) is 0 Å². The Kier molecular flexibility index (Phi) is 4.79. The third kappa shape index (κ3) is 3.89. The van der Waals surface area contributed by atoms with Crippen molar-refractivity contribution < 1.29 is 19.0 Å². The molecule has 0 saturated carbocycles. The van der Waals surface area contributed by atoms with Gasteiger partial charge in [0, 0.05) is 11.0 Å². The van der Waals surface area contributed by atoms with Gasteiger partial charge in [-0.25, -0.2) is 4.67 Å². The summed E-state index contributed by atoms with van der Waals surface area (Å²) in [5.74, 6) is -0.985. The molecular weight excluding hydrogens is 333 g/mol. The lowest BCUT2D eigenvalue weighted by Gasteiger charge is -2.34. The average Bonchev–Trinajstić information content (AvgIpc) is 2.35. The molecule has 1 heterocycles. The summed E-state index contributed by atoms with van der Waals surface area (Å²) in [5.41, 5.74) is 0.879. The van der Waals surface area contributed by atoms with Crippen LogP contribution in [0.4, 0.5) is 0 Å². The molecule has 0 radical (unpaired) electrons. The molecule has 1 N–H and O–H groups in total. The zero-order valence-corrected chi connectivity index (χ0v) is 12.8. The highest BCUT2D eigenvalue weighted by Gasteiger charge is 2.36. The van der Waals surface area contributed by atoms with Crippen molar-refractivity contribution in [2.75, 3.05) is 19.7 Å². The van der Waals surface area contributed by atoms with Crippen LogP contribution in [-0.4, -0.2) is 35.4 Å². The van der Waals surface area contributed by atoms with E-state index in [1.807, 2.05) is 24.3 Å². The SMILES string of the molecule is O=C(O)CN1CCCOP1(=O)Cc1ccc(Br)cc1. The first kappa shape index (κ1) is 14.7. The quantitative estimate of drug-likeness (QED) is 0.848. The Morgan fingerprint density at radius 1 is 1.42 bits per heavy atom. The van der Waals surface area contributed by atoms with Crippen molar-refractivity contribution in [3.8, 4) is 0 Å². The summed E-state index contributed by atoms with van der Waals surface area (Å²) in [6.45, 7) is 0.678. The molecule has 0 amide bonds. The molecule has 5 nitrogen and oxygen atoms in total. The molecule has 0 aromatic heterocycles. The largest absolute Gasteiger partial charge is 0.480 e. The molecule has 1 fully saturated rings. The fraction of sp³-hybridized carbons (Fsp3) is 0.417. The van der Waals surface area contributed by atoms with Gasteiger partial charge in [-0.1, -0.05) is 28.1 Å². The second kappa shape index (κ2) is 6.18. The molecule has 1 aromatic rings. The van der Waals surface area contributed by atoms with E-state index in [0.717, 1.165) is 10.0 Å². The average molecular weight is 348 g/mol. The Bertz CT molecular complexity index is 505. The normalized spacial score (nSPS) is 24.3. The van der Waals surface area contributed by atoms with E-state index in [0.29, 0.717) is 19.6 Å². The zero-order valence-electron chi connectivity index (χ0n) is 10.3. The van der Waals surface area contributed by atoms with Gasteiger partial charge >= 0.3 is 5.97 Å². The maximum atomic E-state index is 12.8. The predicted molar refractivity (Wildman–Crippen MR) is 75.2 cm³/mol. The molecule has 0 bridgehead atoms. The van der Waals surface area contributed by atoms with Gasteiger partial charge in [-0.2, -0.15) is 0 Å². The van der Waals surface area contributed by atoms with Crippen molar-refractivity contribution in [3.05, 3.63) is 34.3 Å². The number of benzene rings is 1. The fourth-order valence-corrected chi connectivity index (χ4v) is 4.59. The van der Waals surface area contributed by atoms with Crippen LogP contribution >= 0.6 is 23.4 Å². The van der Waals surface area contributed by atoms with Crippen LogP contribution in [0.3, 0.4) is 0 Å². The van der Waals surface area contributed by atoms with Gasteiger partial charge in [-0.3, -0.25) is 9.36 Å². The van der Waals surface area contributed by atoms with Crippen molar-refractivity contribution in [3.63, 3.8) is 0 Å². The van der Waals surface area contributed by atoms with Crippen LogP contribution in [0, 0.1) is 0 Å². The molecule has 1 unspecified atom stereocenters. The number of carbonyl (C=O) groups is 1. The number of hydrogen-bond acceptors (Lipinski definition) is 3. The zero-order chi connectivity index (χ0) is 13.9. The standard InChI is InChI=1S/C12H15BrNO4P/c13-11-4-2-10(3-5-11)9-19(17)14(8-12(15)16)6-1-7-18-19/h2-5H,1,6-9H2,(H,15,16). The Labute approximate surface area is 120 Å². The molecule has 2 rings (SSSR count). The molecule has 1 saturated heterocycles. The van der Waals surface area contributed by atoms with Crippen molar-refractivity contribution in [2.45, 2.75) is 12.6 Å². The molecule has 7 heteroatoms. The second-order valence-electron chi connectivity index (χ2n) is 4.39. The van der Waals surface area contributed by atoms with E-state index in [-0.39, 0.29) is 12.7 Å². The van der Waals surface area contributed by atoms with Gasteiger partial charge < -0.3 is 9.63 Å². The first-order valence-electron chi connectivity index (χ1n) is 5.95. The number of nitrogens with zero attached hydrogens (tertiary/aromatic N) is 1. The Morgan fingerprint density at radius 2 is 2.11 bits per heavy atom. The first-order valence-corrected chi connectivity index (χ1v) is 8.50. The van der Waals surface area contributed by atoms with Crippen LogP contribution in [0.1, 0.15) is 12.0 Å². The molecule has 19 heavy (non-hydrogen) atoms. The lowest BCUT2D eigenvalue weighted by Crippen LogP contribution is -2.33. The van der Waals surface area contributed by atoms with E-state index in [2.05, 4.69) is 15.9 Å². The van der Waals surface area contributed by atoms with Gasteiger partial charge in [0.05, 0.1) is 12.8 Å². The molecule has 104 valence electrons. The van der Waals surface area contributed by atoms with Gasteiger partial charge in [0.15, 0.2) is 0 Å². The summed E-state index contributed by atoms with van der Waals surface area (Å²) in [7, 11) is -3.08. The first-order chi connectivity index (χ1) is 8.99. The monoisotopic (exact) mass is 347 g/mol. The molecule has 0 aliphatic carbocycles. The van der Waals surface area contributed by atoms with Gasteiger partial charge in [-0.05, 0) is 24.1 Å². The number of rotatable bonds is 4. The summed E-state index contributed by atoms with van der Waals surface area (Å²) < 4.78 is 20.6. The maximum absolute atomic E-state index is 12.8. The highest BCUT2D eigenvalue weighted by atomic mass is 79.9. The number of carboxylic acid groups (broad SMARTS) is 1. The molecule has 0 spiro atoms. The smallest absolute Gasteiger partial charge is 0.318 e. The minimum atomic E-state index is -3.08. The van der Waals surface area contributed by atoms with E-state index in [1.54, 1.807) is 0 Å². The van der Waals surface area contributed by atoms with Crippen LogP contribution in [0.5, 0.6) is 0 Å². The van der Waals surface area contributed by atoms with Gasteiger partial charge in [0.25, 0.3) is 7.52 Å². The van der Waals surface area contributed by atoms with Crippen molar-refractivity contribution >= 4 is 29.4 Å². The highest BCUT2D eigenvalue weighted by molar-refractivity contribution is 9.10. The van der Waals surface area contributed by atoms with Crippen LogP contribution in [0.25, 0.3) is 0 Å². The number of carboxylic acids is 1.